The minimum Gasteiger partial charge on any atom is -0.446 e. The number of hydrogen-bond acceptors (Lipinski definition) is 3. The molecular formula is C14H15FN2O2. The van der Waals surface area contributed by atoms with Crippen LogP contribution in [0.1, 0.15) is 17.2 Å². The molecule has 1 amide bonds. The topological polar surface area (TPSA) is 55.1 Å². The highest BCUT2D eigenvalue weighted by Crippen LogP contribution is 2.04. The molecule has 0 bridgehead atoms. The minimum absolute atomic E-state index is 0.145. The molecule has 1 aromatic carbocycles. The smallest absolute Gasteiger partial charge is 0.224 e. The van der Waals surface area contributed by atoms with E-state index in [1.807, 2.05) is 6.92 Å². The van der Waals surface area contributed by atoms with Gasteiger partial charge in [-0.3, -0.25) is 4.79 Å². The van der Waals surface area contributed by atoms with Gasteiger partial charge < -0.3 is 9.73 Å². The molecule has 5 heteroatoms. The van der Waals surface area contributed by atoms with Gasteiger partial charge in [-0.15, -0.1) is 0 Å². The number of amides is 1. The molecule has 0 atom stereocenters. The molecule has 19 heavy (non-hydrogen) atoms. The van der Waals surface area contributed by atoms with Gasteiger partial charge in [0.1, 0.15) is 11.6 Å². The van der Waals surface area contributed by atoms with Crippen molar-refractivity contribution in [2.45, 2.75) is 19.8 Å². The molecule has 0 aliphatic heterocycles. The van der Waals surface area contributed by atoms with Crippen LogP contribution >= 0.6 is 0 Å². The van der Waals surface area contributed by atoms with Crippen LogP contribution in [-0.2, 0) is 17.6 Å². The first-order valence-electron chi connectivity index (χ1n) is 6.06. The quantitative estimate of drug-likeness (QED) is 0.897. The summed E-state index contributed by atoms with van der Waals surface area (Å²) in [6.07, 6.45) is 2.36. The summed E-state index contributed by atoms with van der Waals surface area (Å²) >= 11 is 0. The van der Waals surface area contributed by atoms with Crippen molar-refractivity contribution in [3.05, 3.63) is 53.5 Å². The lowest BCUT2D eigenvalue weighted by atomic mass is 10.1. The van der Waals surface area contributed by atoms with Gasteiger partial charge in [0.05, 0.1) is 12.6 Å². The van der Waals surface area contributed by atoms with E-state index in [0.29, 0.717) is 24.4 Å². The minimum atomic E-state index is -0.333. The zero-order valence-corrected chi connectivity index (χ0v) is 10.6. The molecule has 0 unspecified atom stereocenters. The zero-order chi connectivity index (χ0) is 13.7. The normalized spacial score (nSPS) is 10.4. The van der Waals surface area contributed by atoms with E-state index in [4.69, 9.17) is 4.42 Å². The molecule has 1 heterocycles. The lowest BCUT2D eigenvalue weighted by Crippen LogP contribution is -2.27. The number of hydrogen-bond donors (Lipinski definition) is 1. The Hall–Kier alpha value is -2.17. The van der Waals surface area contributed by atoms with Crippen LogP contribution in [0.15, 0.2) is 34.9 Å². The molecule has 4 nitrogen and oxygen atoms in total. The molecule has 0 fully saturated rings. The second kappa shape index (κ2) is 6.13. The number of benzene rings is 1. The molecule has 0 radical (unpaired) electrons. The average Bonchev–Trinajstić information content (AvgIpc) is 2.75. The number of carbonyl (C=O) groups excluding carboxylic acids is 1. The maximum Gasteiger partial charge on any atom is 0.224 e. The monoisotopic (exact) mass is 262 g/mol. The van der Waals surface area contributed by atoms with Crippen molar-refractivity contribution >= 4 is 5.91 Å². The first kappa shape index (κ1) is 13.3. The molecule has 0 aliphatic rings. The summed E-state index contributed by atoms with van der Waals surface area (Å²) in [6.45, 7) is 2.27. The van der Waals surface area contributed by atoms with E-state index in [1.165, 1.54) is 12.1 Å². The van der Waals surface area contributed by atoms with Crippen LogP contribution in [0.3, 0.4) is 0 Å². The van der Waals surface area contributed by atoms with Crippen LogP contribution in [0.25, 0.3) is 0 Å². The van der Waals surface area contributed by atoms with E-state index in [2.05, 4.69) is 10.3 Å². The fraction of sp³-hybridized carbons (Fsp3) is 0.286. The maximum atomic E-state index is 12.9. The Morgan fingerprint density at radius 2 is 2.32 bits per heavy atom. The summed E-state index contributed by atoms with van der Waals surface area (Å²) in [4.78, 5) is 15.7. The molecule has 0 saturated carbocycles. The average molecular weight is 262 g/mol. The third-order valence-corrected chi connectivity index (χ3v) is 2.58. The Labute approximate surface area is 110 Å². The van der Waals surface area contributed by atoms with Crippen LogP contribution in [0.4, 0.5) is 4.39 Å². The van der Waals surface area contributed by atoms with Gasteiger partial charge in [-0.2, -0.15) is 0 Å². The number of carbonyl (C=O) groups is 1. The molecule has 0 spiro atoms. The number of aromatic nitrogens is 1. The van der Waals surface area contributed by atoms with Gasteiger partial charge in [0.15, 0.2) is 5.89 Å². The molecule has 2 aromatic rings. The lowest BCUT2D eigenvalue weighted by Gasteiger charge is -2.04. The third kappa shape index (κ3) is 4.21. The molecule has 1 aromatic heterocycles. The van der Waals surface area contributed by atoms with E-state index >= 15 is 0 Å². The molecule has 0 saturated heterocycles. The van der Waals surface area contributed by atoms with Crippen molar-refractivity contribution in [2.24, 2.45) is 0 Å². The Morgan fingerprint density at radius 1 is 1.47 bits per heavy atom. The summed E-state index contributed by atoms with van der Waals surface area (Å²) in [5.41, 5.74) is 0.657. The van der Waals surface area contributed by atoms with Crippen LogP contribution in [0.2, 0.25) is 0 Å². The fourth-order valence-electron chi connectivity index (χ4n) is 1.72. The summed E-state index contributed by atoms with van der Waals surface area (Å²) < 4.78 is 18.2. The van der Waals surface area contributed by atoms with Gasteiger partial charge in [0.25, 0.3) is 0 Å². The Bertz CT molecular complexity index is 566. The standard InChI is InChI=1S/C14H15FN2O2/c1-10-9-17-14(19-10)5-6-16-13(18)8-11-3-2-4-12(15)7-11/h2-4,7,9H,5-6,8H2,1H3,(H,16,18). The number of aryl methyl sites for hydroxylation is 1. The first-order valence-corrected chi connectivity index (χ1v) is 6.06. The zero-order valence-electron chi connectivity index (χ0n) is 10.6. The van der Waals surface area contributed by atoms with Gasteiger partial charge in [-0.1, -0.05) is 12.1 Å². The number of oxazole rings is 1. The predicted octanol–water partition coefficient (Wildman–Crippen LogP) is 2.02. The molecule has 2 rings (SSSR count). The summed E-state index contributed by atoms with van der Waals surface area (Å²) in [5.74, 6) is 0.874. The summed E-state index contributed by atoms with van der Waals surface area (Å²) in [5, 5.41) is 2.75. The van der Waals surface area contributed by atoms with Crippen molar-refractivity contribution in [1.29, 1.82) is 0 Å². The SMILES string of the molecule is Cc1cnc(CCNC(=O)Cc2cccc(F)c2)o1. The largest absolute Gasteiger partial charge is 0.446 e. The number of rotatable bonds is 5. The molecular weight excluding hydrogens is 247 g/mol. The number of nitrogens with one attached hydrogen (secondary N) is 1. The highest BCUT2D eigenvalue weighted by atomic mass is 19.1. The van der Waals surface area contributed by atoms with Crippen molar-refractivity contribution in [3.63, 3.8) is 0 Å². The number of nitrogens with zero attached hydrogens (tertiary/aromatic N) is 1. The van der Waals surface area contributed by atoms with E-state index in [-0.39, 0.29) is 18.1 Å². The van der Waals surface area contributed by atoms with Crippen LogP contribution in [-0.4, -0.2) is 17.4 Å². The third-order valence-electron chi connectivity index (χ3n) is 2.58. The molecule has 0 aliphatic carbocycles. The second-order valence-corrected chi connectivity index (χ2v) is 4.27. The van der Waals surface area contributed by atoms with E-state index in [1.54, 1.807) is 18.3 Å². The van der Waals surface area contributed by atoms with Gasteiger partial charge >= 0.3 is 0 Å². The second-order valence-electron chi connectivity index (χ2n) is 4.27. The Balaban J connectivity index is 1.76. The van der Waals surface area contributed by atoms with Crippen molar-refractivity contribution in [2.75, 3.05) is 6.54 Å². The van der Waals surface area contributed by atoms with Gasteiger partial charge in [-0.25, -0.2) is 9.37 Å². The summed E-state index contributed by atoms with van der Waals surface area (Å²) in [7, 11) is 0. The molecule has 100 valence electrons. The molecule has 1 N–H and O–H groups in total. The van der Waals surface area contributed by atoms with Crippen molar-refractivity contribution in [3.8, 4) is 0 Å². The van der Waals surface area contributed by atoms with E-state index in [0.717, 1.165) is 5.76 Å². The Morgan fingerprint density at radius 3 is 3.00 bits per heavy atom. The predicted molar refractivity (Wildman–Crippen MR) is 68.1 cm³/mol. The summed E-state index contributed by atoms with van der Waals surface area (Å²) in [6, 6.07) is 6.02. The van der Waals surface area contributed by atoms with Crippen molar-refractivity contribution in [1.82, 2.24) is 10.3 Å². The maximum absolute atomic E-state index is 12.9. The highest BCUT2D eigenvalue weighted by molar-refractivity contribution is 5.78. The fourth-order valence-corrected chi connectivity index (χ4v) is 1.72. The van der Waals surface area contributed by atoms with Crippen LogP contribution < -0.4 is 5.32 Å². The number of halogens is 1. The Kier molecular flexibility index (Phi) is 4.28. The van der Waals surface area contributed by atoms with Gasteiger partial charge in [0.2, 0.25) is 5.91 Å². The van der Waals surface area contributed by atoms with E-state index in [9.17, 15) is 9.18 Å². The van der Waals surface area contributed by atoms with Gasteiger partial charge in [-0.05, 0) is 24.6 Å². The van der Waals surface area contributed by atoms with Gasteiger partial charge in [0, 0.05) is 13.0 Å². The highest BCUT2D eigenvalue weighted by Gasteiger charge is 2.05. The lowest BCUT2D eigenvalue weighted by molar-refractivity contribution is -0.120. The van der Waals surface area contributed by atoms with Crippen LogP contribution in [0.5, 0.6) is 0 Å². The van der Waals surface area contributed by atoms with Crippen LogP contribution in [0, 0.1) is 12.7 Å². The first-order chi connectivity index (χ1) is 9.13. The van der Waals surface area contributed by atoms with Crippen molar-refractivity contribution < 1.29 is 13.6 Å². The van der Waals surface area contributed by atoms with E-state index < -0.39 is 0 Å².